The standard InChI is InChI=1S/C23H21NO3S/c1-27-23-15-9-7-13-20(23)22(25)17-16-18-10-6-8-14-21(18)24-28(2,26)19-11-4-3-5-12-19/h3-17H,1-2H3/b17-16+/t28-/m0/s1. The lowest BCUT2D eigenvalue weighted by atomic mass is 10.1. The molecule has 0 unspecified atom stereocenters. The molecule has 0 N–H and O–H groups in total. The number of hydrogen-bond donors (Lipinski definition) is 0. The third-order valence-electron chi connectivity index (χ3n) is 4.18. The van der Waals surface area contributed by atoms with Gasteiger partial charge in [0.05, 0.1) is 28.1 Å². The van der Waals surface area contributed by atoms with E-state index in [1.165, 1.54) is 13.2 Å². The summed E-state index contributed by atoms with van der Waals surface area (Å²) in [5.74, 6) is 0.350. The zero-order valence-electron chi connectivity index (χ0n) is 15.7. The van der Waals surface area contributed by atoms with Crippen LogP contribution in [0.25, 0.3) is 6.08 Å². The van der Waals surface area contributed by atoms with Gasteiger partial charge in [-0.05, 0) is 42.5 Å². The highest BCUT2D eigenvalue weighted by Gasteiger charge is 2.10. The molecule has 3 rings (SSSR count). The molecule has 0 spiro atoms. The minimum absolute atomic E-state index is 0.174. The Morgan fingerprint density at radius 3 is 2.32 bits per heavy atom. The van der Waals surface area contributed by atoms with E-state index in [0.717, 1.165) is 5.56 Å². The molecule has 0 amide bonds. The normalized spacial score (nSPS) is 13.1. The quantitative estimate of drug-likeness (QED) is 0.419. The van der Waals surface area contributed by atoms with Crippen LogP contribution >= 0.6 is 0 Å². The molecular weight excluding hydrogens is 370 g/mol. The van der Waals surface area contributed by atoms with Gasteiger partial charge in [-0.15, -0.1) is 0 Å². The van der Waals surface area contributed by atoms with Gasteiger partial charge >= 0.3 is 0 Å². The number of para-hydroxylation sites is 1. The smallest absolute Gasteiger partial charge is 0.189 e. The van der Waals surface area contributed by atoms with Crippen molar-refractivity contribution < 1.29 is 13.7 Å². The maximum absolute atomic E-state index is 13.1. The van der Waals surface area contributed by atoms with E-state index in [1.54, 1.807) is 48.7 Å². The van der Waals surface area contributed by atoms with Crippen LogP contribution in [0.5, 0.6) is 5.75 Å². The third kappa shape index (κ3) is 4.56. The zero-order valence-corrected chi connectivity index (χ0v) is 16.6. The summed E-state index contributed by atoms with van der Waals surface area (Å²) in [5.41, 5.74) is 1.78. The minimum Gasteiger partial charge on any atom is -0.496 e. The number of carbonyl (C=O) groups is 1. The predicted molar refractivity (Wildman–Crippen MR) is 114 cm³/mol. The van der Waals surface area contributed by atoms with Crippen LogP contribution in [0.1, 0.15) is 15.9 Å². The summed E-state index contributed by atoms with van der Waals surface area (Å²) in [5, 5.41) is 0. The van der Waals surface area contributed by atoms with E-state index in [4.69, 9.17) is 4.74 Å². The van der Waals surface area contributed by atoms with Crippen LogP contribution in [0.2, 0.25) is 0 Å². The zero-order chi connectivity index (χ0) is 20.0. The van der Waals surface area contributed by atoms with Crippen LogP contribution in [0.3, 0.4) is 0 Å². The van der Waals surface area contributed by atoms with Crippen LogP contribution in [0.4, 0.5) is 5.69 Å². The topological polar surface area (TPSA) is 55.7 Å². The van der Waals surface area contributed by atoms with E-state index < -0.39 is 9.73 Å². The Morgan fingerprint density at radius 2 is 1.57 bits per heavy atom. The highest BCUT2D eigenvalue weighted by atomic mass is 32.2. The van der Waals surface area contributed by atoms with Gasteiger partial charge in [0, 0.05) is 16.7 Å². The van der Waals surface area contributed by atoms with Gasteiger partial charge in [0.2, 0.25) is 0 Å². The van der Waals surface area contributed by atoms with Gasteiger partial charge in [0.1, 0.15) is 5.75 Å². The van der Waals surface area contributed by atoms with Gasteiger partial charge in [0.15, 0.2) is 5.78 Å². The molecule has 0 aromatic heterocycles. The molecule has 142 valence electrons. The molecule has 0 bridgehead atoms. The molecule has 0 saturated carbocycles. The summed E-state index contributed by atoms with van der Waals surface area (Å²) in [6.45, 7) is 0. The average Bonchev–Trinajstić information content (AvgIpc) is 2.73. The Balaban J connectivity index is 1.95. The lowest BCUT2D eigenvalue weighted by Gasteiger charge is -2.07. The molecule has 0 aliphatic heterocycles. The predicted octanol–water partition coefficient (Wildman–Crippen LogP) is 5.38. The van der Waals surface area contributed by atoms with Gasteiger partial charge in [-0.2, -0.15) is 4.36 Å². The molecule has 1 atom stereocenters. The van der Waals surface area contributed by atoms with Crippen molar-refractivity contribution in [3.63, 3.8) is 0 Å². The molecule has 3 aromatic carbocycles. The van der Waals surface area contributed by atoms with Crippen molar-refractivity contribution in [2.75, 3.05) is 13.4 Å². The average molecular weight is 391 g/mol. The van der Waals surface area contributed by atoms with E-state index in [9.17, 15) is 9.00 Å². The molecular formula is C23H21NO3S. The summed E-state index contributed by atoms with van der Waals surface area (Å²) in [7, 11) is -1.07. The molecule has 0 radical (unpaired) electrons. The van der Waals surface area contributed by atoms with Crippen molar-refractivity contribution in [3.8, 4) is 5.75 Å². The number of methoxy groups -OCH3 is 1. The summed E-state index contributed by atoms with van der Waals surface area (Å²) in [6, 6.07) is 23.5. The fraction of sp³-hybridized carbons (Fsp3) is 0.0870. The summed E-state index contributed by atoms with van der Waals surface area (Å²) >= 11 is 0. The fourth-order valence-electron chi connectivity index (χ4n) is 2.73. The Hall–Kier alpha value is -3.18. The van der Waals surface area contributed by atoms with E-state index in [0.29, 0.717) is 21.9 Å². The molecule has 0 aliphatic rings. The largest absolute Gasteiger partial charge is 0.496 e. The maximum Gasteiger partial charge on any atom is 0.189 e. The molecule has 0 aliphatic carbocycles. The Bertz CT molecular complexity index is 1130. The van der Waals surface area contributed by atoms with E-state index in [1.807, 2.05) is 42.5 Å². The number of rotatable bonds is 6. The van der Waals surface area contributed by atoms with Gasteiger partial charge in [0.25, 0.3) is 0 Å². The first-order valence-corrected chi connectivity index (χ1v) is 10.7. The lowest BCUT2D eigenvalue weighted by molar-refractivity contribution is 0.104. The van der Waals surface area contributed by atoms with Gasteiger partial charge in [-0.25, -0.2) is 4.21 Å². The van der Waals surface area contributed by atoms with Gasteiger partial charge in [-0.3, -0.25) is 4.79 Å². The van der Waals surface area contributed by atoms with Crippen LogP contribution < -0.4 is 4.74 Å². The first-order chi connectivity index (χ1) is 13.5. The van der Waals surface area contributed by atoms with Crippen molar-refractivity contribution in [1.82, 2.24) is 0 Å². The SMILES string of the molecule is COc1ccccc1C(=O)/C=C/c1ccccc1N=[S@@](C)(=O)c1ccccc1. The van der Waals surface area contributed by atoms with Crippen LogP contribution in [0.15, 0.2) is 94.2 Å². The summed E-state index contributed by atoms with van der Waals surface area (Å²) in [4.78, 5) is 13.2. The van der Waals surface area contributed by atoms with Crippen LogP contribution in [-0.2, 0) is 9.73 Å². The number of carbonyl (C=O) groups excluding carboxylic acids is 1. The van der Waals surface area contributed by atoms with E-state index in [-0.39, 0.29) is 5.78 Å². The molecule has 0 saturated heterocycles. The third-order valence-corrected chi connectivity index (χ3v) is 5.87. The molecule has 0 fully saturated rings. The number of nitrogens with zero attached hydrogens (tertiary/aromatic N) is 1. The second-order valence-electron chi connectivity index (χ2n) is 6.16. The number of ketones is 1. The Morgan fingerprint density at radius 1 is 0.929 bits per heavy atom. The monoisotopic (exact) mass is 391 g/mol. The van der Waals surface area contributed by atoms with E-state index >= 15 is 0 Å². The van der Waals surface area contributed by atoms with Crippen molar-refractivity contribution in [2.45, 2.75) is 4.90 Å². The number of ether oxygens (including phenoxy) is 1. The highest BCUT2D eigenvalue weighted by Crippen LogP contribution is 2.25. The number of hydrogen-bond acceptors (Lipinski definition) is 4. The molecule has 5 heteroatoms. The second-order valence-corrected chi connectivity index (χ2v) is 8.42. The van der Waals surface area contributed by atoms with Crippen LogP contribution in [0, 0.1) is 0 Å². The number of allylic oxidation sites excluding steroid dienone is 1. The van der Waals surface area contributed by atoms with Crippen LogP contribution in [-0.4, -0.2) is 23.4 Å². The van der Waals surface area contributed by atoms with Crippen molar-refractivity contribution >= 4 is 27.3 Å². The Kier molecular flexibility index (Phi) is 6.06. The van der Waals surface area contributed by atoms with Crippen molar-refractivity contribution in [1.29, 1.82) is 0 Å². The fourth-order valence-corrected chi connectivity index (χ4v) is 4.04. The molecule has 4 nitrogen and oxygen atoms in total. The molecule has 3 aromatic rings. The summed E-state index contributed by atoms with van der Waals surface area (Å²) in [6.07, 6.45) is 4.78. The van der Waals surface area contributed by atoms with Crippen molar-refractivity contribution in [3.05, 3.63) is 96.1 Å². The first kappa shape index (κ1) is 19.6. The number of benzene rings is 3. The van der Waals surface area contributed by atoms with E-state index in [2.05, 4.69) is 4.36 Å². The highest BCUT2D eigenvalue weighted by molar-refractivity contribution is 7.93. The maximum atomic E-state index is 13.1. The lowest BCUT2D eigenvalue weighted by Crippen LogP contribution is -1.98. The van der Waals surface area contributed by atoms with Gasteiger partial charge in [-0.1, -0.05) is 48.5 Å². The minimum atomic E-state index is -2.60. The first-order valence-electron chi connectivity index (χ1n) is 8.73. The van der Waals surface area contributed by atoms with Gasteiger partial charge < -0.3 is 4.74 Å². The van der Waals surface area contributed by atoms with Crippen molar-refractivity contribution in [2.24, 2.45) is 4.36 Å². The molecule has 28 heavy (non-hydrogen) atoms. The second kappa shape index (κ2) is 8.67. The Labute approximate surface area is 165 Å². The molecule has 0 heterocycles. The summed E-state index contributed by atoms with van der Waals surface area (Å²) < 4.78 is 22.8.